The van der Waals surface area contributed by atoms with Crippen LogP contribution in [-0.2, 0) is 32.5 Å². The molecule has 8 nitrogen and oxygen atoms in total. The van der Waals surface area contributed by atoms with Gasteiger partial charge < -0.3 is 24.7 Å². The Kier molecular flexibility index (Phi) is 8.75. The molecular weight excluding hydrogens is 434 g/mol. The highest BCUT2D eigenvalue weighted by Gasteiger charge is 2.27. The Balaban J connectivity index is 2.07. The van der Waals surface area contributed by atoms with E-state index in [1.165, 1.54) is 0 Å². The fraction of sp³-hybridized carbons (Fsp3) is 0.577. The number of hydrogen-bond donors (Lipinski definition) is 2. The average Bonchev–Trinajstić information content (AvgIpc) is 2.98. The van der Waals surface area contributed by atoms with Crippen LogP contribution >= 0.6 is 0 Å². The van der Waals surface area contributed by atoms with Gasteiger partial charge in [-0.2, -0.15) is 0 Å². The molecule has 2 atom stereocenters. The number of aromatic nitrogens is 1. The lowest BCUT2D eigenvalue weighted by Gasteiger charge is -2.25. The number of nitrogens with zero attached hydrogens (tertiary/aromatic N) is 1. The molecule has 2 unspecified atom stereocenters. The van der Waals surface area contributed by atoms with Crippen LogP contribution in [-0.4, -0.2) is 45.8 Å². The lowest BCUT2D eigenvalue weighted by Crippen LogP contribution is -2.50. The number of alkyl carbamates (subject to hydrolysis) is 1. The second kappa shape index (κ2) is 10.9. The topological polar surface area (TPSA) is 98.7 Å². The van der Waals surface area contributed by atoms with Gasteiger partial charge in [0.15, 0.2) is 0 Å². The van der Waals surface area contributed by atoms with E-state index < -0.39 is 29.3 Å². The van der Waals surface area contributed by atoms with Gasteiger partial charge in [-0.25, -0.2) is 4.79 Å². The number of aryl methyl sites for hydroxylation is 1. The Morgan fingerprint density at radius 3 is 2.21 bits per heavy atom. The Morgan fingerprint density at radius 2 is 1.59 bits per heavy atom. The van der Waals surface area contributed by atoms with Gasteiger partial charge in [-0.1, -0.05) is 18.2 Å². The first-order valence-electron chi connectivity index (χ1n) is 11.7. The van der Waals surface area contributed by atoms with Gasteiger partial charge in [0.05, 0.1) is 0 Å². The molecule has 188 valence electrons. The first kappa shape index (κ1) is 27.2. The molecule has 2 aromatic rings. The fourth-order valence-electron chi connectivity index (χ4n) is 3.69. The third kappa shape index (κ3) is 8.72. The first-order valence-corrected chi connectivity index (χ1v) is 11.7. The van der Waals surface area contributed by atoms with E-state index in [4.69, 9.17) is 9.47 Å². The molecule has 2 rings (SSSR count). The summed E-state index contributed by atoms with van der Waals surface area (Å²) in [4.78, 5) is 37.6. The zero-order valence-electron chi connectivity index (χ0n) is 21.7. The molecule has 0 aliphatic heterocycles. The maximum Gasteiger partial charge on any atom is 0.408 e. The molecule has 0 aliphatic rings. The minimum Gasteiger partial charge on any atom is -0.460 e. The molecule has 0 bridgehead atoms. The zero-order valence-corrected chi connectivity index (χ0v) is 21.7. The van der Waals surface area contributed by atoms with Crippen molar-refractivity contribution in [1.82, 2.24) is 15.2 Å². The predicted molar refractivity (Wildman–Crippen MR) is 132 cm³/mol. The predicted octanol–water partition coefficient (Wildman–Crippen LogP) is 4.24. The van der Waals surface area contributed by atoms with Gasteiger partial charge in [-0.3, -0.25) is 9.59 Å². The van der Waals surface area contributed by atoms with Crippen LogP contribution in [0.3, 0.4) is 0 Å². The van der Waals surface area contributed by atoms with Crippen LogP contribution in [0.25, 0.3) is 10.9 Å². The molecule has 1 aromatic carbocycles. The van der Waals surface area contributed by atoms with Crippen LogP contribution in [0, 0.1) is 0 Å². The maximum absolute atomic E-state index is 13.1. The lowest BCUT2D eigenvalue weighted by molar-refractivity contribution is -0.155. The summed E-state index contributed by atoms with van der Waals surface area (Å²) in [5.41, 5.74) is 0.910. The van der Waals surface area contributed by atoms with Crippen molar-refractivity contribution in [2.24, 2.45) is 7.05 Å². The summed E-state index contributed by atoms with van der Waals surface area (Å²) < 4.78 is 12.7. The van der Waals surface area contributed by atoms with Crippen LogP contribution in [0.2, 0.25) is 0 Å². The van der Waals surface area contributed by atoms with Gasteiger partial charge in [0, 0.05) is 36.6 Å². The van der Waals surface area contributed by atoms with E-state index in [0.717, 1.165) is 16.5 Å². The first-order chi connectivity index (χ1) is 15.6. The van der Waals surface area contributed by atoms with E-state index in [1.807, 2.05) is 26.1 Å². The molecule has 8 heteroatoms. The normalized spacial score (nSPS) is 13.8. The van der Waals surface area contributed by atoms with E-state index >= 15 is 0 Å². The average molecular weight is 474 g/mol. The van der Waals surface area contributed by atoms with Crippen molar-refractivity contribution in [3.8, 4) is 0 Å². The summed E-state index contributed by atoms with van der Waals surface area (Å²) in [5.74, 6) is -0.803. The summed E-state index contributed by atoms with van der Waals surface area (Å²) in [6.45, 7) is 12.5. The quantitative estimate of drug-likeness (QED) is 0.559. The van der Waals surface area contributed by atoms with Gasteiger partial charge in [0.2, 0.25) is 5.91 Å². The summed E-state index contributed by atoms with van der Waals surface area (Å²) in [6.07, 6.45) is 2.06. The summed E-state index contributed by atoms with van der Waals surface area (Å²) >= 11 is 0. The highest BCUT2D eigenvalue weighted by molar-refractivity contribution is 5.87. The lowest BCUT2D eigenvalue weighted by atomic mass is 10.0. The van der Waals surface area contributed by atoms with Crippen molar-refractivity contribution in [2.45, 2.75) is 91.0 Å². The number of rotatable bonds is 8. The number of fused-ring (bicyclic) bond motifs is 1. The minimum absolute atomic E-state index is 0.0111. The number of esters is 1. The minimum atomic E-state index is -0.933. The number of amides is 2. The molecule has 0 radical (unpaired) electrons. The molecule has 0 aliphatic carbocycles. The van der Waals surface area contributed by atoms with Gasteiger partial charge in [0.1, 0.15) is 17.2 Å². The molecule has 2 amide bonds. The third-order valence-electron chi connectivity index (χ3n) is 4.96. The van der Waals surface area contributed by atoms with Crippen molar-refractivity contribution in [3.63, 3.8) is 0 Å². The standard InChI is InChI=1S/C26H39N3O5/c1-17(15-18-16-29(8)21-12-10-9-11-19(18)21)27-23(31)20(28-24(32)34-26(5,6)7)13-14-22(30)33-25(2,3)4/h9-12,16-17,20H,13-15H2,1-8H3,(H,27,31)(H,28,32). The van der Waals surface area contributed by atoms with Crippen LogP contribution < -0.4 is 10.6 Å². The monoisotopic (exact) mass is 473 g/mol. The van der Waals surface area contributed by atoms with Crippen molar-refractivity contribution in [2.75, 3.05) is 0 Å². The van der Waals surface area contributed by atoms with Crippen LogP contribution in [0.4, 0.5) is 4.79 Å². The Labute approximate surface area is 202 Å². The van der Waals surface area contributed by atoms with Gasteiger partial charge in [-0.05, 0) is 72.9 Å². The van der Waals surface area contributed by atoms with E-state index in [1.54, 1.807) is 41.5 Å². The van der Waals surface area contributed by atoms with E-state index in [-0.39, 0.29) is 24.8 Å². The van der Waals surface area contributed by atoms with Crippen LogP contribution in [0.5, 0.6) is 0 Å². The van der Waals surface area contributed by atoms with Crippen LogP contribution in [0.15, 0.2) is 30.5 Å². The van der Waals surface area contributed by atoms with E-state index in [2.05, 4.69) is 33.5 Å². The number of nitrogens with one attached hydrogen (secondary N) is 2. The molecule has 0 spiro atoms. The van der Waals surface area contributed by atoms with Crippen molar-refractivity contribution in [3.05, 3.63) is 36.0 Å². The fourth-order valence-corrected chi connectivity index (χ4v) is 3.69. The van der Waals surface area contributed by atoms with Crippen molar-refractivity contribution >= 4 is 28.9 Å². The molecule has 0 saturated heterocycles. The third-order valence-corrected chi connectivity index (χ3v) is 4.96. The van der Waals surface area contributed by atoms with Crippen molar-refractivity contribution < 1.29 is 23.9 Å². The molecule has 0 fully saturated rings. The largest absolute Gasteiger partial charge is 0.460 e. The number of para-hydroxylation sites is 1. The number of carbonyl (C=O) groups excluding carboxylic acids is 3. The molecule has 1 heterocycles. The Bertz CT molecular complexity index is 1010. The van der Waals surface area contributed by atoms with E-state index in [9.17, 15) is 14.4 Å². The Hall–Kier alpha value is -3.03. The molecule has 2 N–H and O–H groups in total. The van der Waals surface area contributed by atoms with Crippen molar-refractivity contribution in [1.29, 1.82) is 0 Å². The molecule has 34 heavy (non-hydrogen) atoms. The smallest absolute Gasteiger partial charge is 0.408 e. The number of hydrogen-bond acceptors (Lipinski definition) is 5. The number of ether oxygens (including phenoxy) is 2. The van der Waals surface area contributed by atoms with E-state index in [0.29, 0.717) is 6.42 Å². The molecule has 1 aromatic heterocycles. The van der Waals surface area contributed by atoms with Gasteiger partial charge >= 0.3 is 12.1 Å². The summed E-state index contributed by atoms with van der Waals surface area (Å²) in [7, 11) is 1.99. The van der Waals surface area contributed by atoms with Crippen LogP contribution in [0.1, 0.15) is 66.9 Å². The number of carbonyl (C=O) groups is 3. The highest BCUT2D eigenvalue weighted by Crippen LogP contribution is 2.21. The Morgan fingerprint density at radius 1 is 0.971 bits per heavy atom. The SMILES string of the molecule is CC(Cc1cn(C)c2ccccc12)NC(=O)C(CCC(=O)OC(C)(C)C)NC(=O)OC(C)(C)C. The second-order valence-electron chi connectivity index (χ2n) is 10.7. The number of benzene rings is 1. The zero-order chi connectivity index (χ0) is 25.7. The molecule has 0 saturated carbocycles. The molecular formula is C26H39N3O5. The second-order valence-corrected chi connectivity index (χ2v) is 10.7. The maximum atomic E-state index is 13.1. The van der Waals surface area contributed by atoms with Gasteiger partial charge in [-0.15, -0.1) is 0 Å². The highest BCUT2D eigenvalue weighted by atomic mass is 16.6. The summed E-state index contributed by atoms with van der Waals surface area (Å²) in [6, 6.07) is 6.98. The van der Waals surface area contributed by atoms with Gasteiger partial charge in [0.25, 0.3) is 0 Å². The summed E-state index contributed by atoms with van der Waals surface area (Å²) in [5, 5.41) is 6.72.